The summed E-state index contributed by atoms with van der Waals surface area (Å²) in [6, 6.07) is 24.8. The Labute approximate surface area is 188 Å². The van der Waals surface area contributed by atoms with Crippen molar-refractivity contribution < 1.29 is 13.9 Å². The van der Waals surface area contributed by atoms with E-state index in [2.05, 4.69) is 22.3 Å². The second kappa shape index (κ2) is 8.75. The van der Waals surface area contributed by atoms with Crippen LogP contribution in [0.5, 0.6) is 11.5 Å². The number of hydrogen-bond donors (Lipinski definition) is 1. The Balaban J connectivity index is 1.37. The van der Waals surface area contributed by atoms with Crippen molar-refractivity contribution in [3.63, 3.8) is 0 Å². The lowest BCUT2D eigenvalue weighted by Gasteiger charge is -2.39. The van der Waals surface area contributed by atoms with Crippen LogP contribution in [0.3, 0.4) is 0 Å². The Morgan fingerprint density at radius 2 is 1.78 bits per heavy atom. The molecular weight excluding hydrogens is 403 g/mol. The first-order valence-corrected chi connectivity index (χ1v) is 11.2. The summed E-state index contributed by atoms with van der Waals surface area (Å²) in [7, 11) is 0. The Morgan fingerprint density at radius 1 is 1.00 bits per heavy atom. The molecule has 1 spiro atoms. The number of carbonyl (C=O) groups is 1. The molecule has 2 heterocycles. The molecule has 0 saturated carbocycles. The number of rotatable bonds is 5. The summed E-state index contributed by atoms with van der Waals surface area (Å²) in [5, 5.41) is 3.26. The third-order valence-corrected chi connectivity index (χ3v) is 6.59. The molecule has 3 aromatic carbocycles. The normalized spacial score (nSPS) is 23.3. The number of para-hydroxylation sites is 1. The topological polar surface area (TPSA) is 41.6 Å². The number of nitrogens with one attached hydrogen (secondary N) is 1. The molecule has 1 amide bonds. The van der Waals surface area contributed by atoms with E-state index in [1.54, 1.807) is 6.07 Å². The minimum absolute atomic E-state index is 0.0673. The molecule has 2 atom stereocenters. The summed E-state index contributed by atoms with van der Waals surface area (Å²) in [6.07, 6.45) is 2.25. The Bertz CT molecular complexity index is 1100. The van der Waals surface area contributed by atoms with Gasteiger partial charge in [-0.3, -0.25) is 9.69 Å². The molecule has 2 aliphatic rings. The van der Waals surface area contributed by atoms with Gasteiger partial charge >= 0.3 is 0 Å². The molecular formula is C27H27FN2O2. The smallest absolute Gasteiger partial charge is 0.220 e. The average Bonchev–Trinajstić information content (AvgIpc) is 3.11. The second-order valence-electron chi connectivity index (χ2n) is 8.86. The van der Waals surface area contributed by atoms with Gasteiger partial charge in [-0.15, -0.1) is 0 Å². The van der Waals surface area contributed by atoms with E-state index in [4.69, 9.17) is 4.74 Å². The molecule has 0 bridgehead atoms. The van der Waals surface area contributed by atoms with Gasteiger partial charge in [0.2, 0.25) is 5.91 Å². The van der Waals surface area contributed by atoms with Crippen LogP contribution in [0.2, 0.25) is 0 Å². The van der Waals surface area contributed by atoms with Gasteiger partial charge in [0, 0.05) is 32.0 Å². The van der Waals surface area contributed by atoms with Crippen molar-refractivity contribution in [3.05, 3.63) is 95.8 Å². The molecule has 5 rings (SSSR count). The van der Waals surface area contributed by atoms with E-state index in [9.17, 15) is 9.18 Å². The third kappa shape index (κ3) is 4.26. The maximum absolute atomic E-state index is 14.7. The van der Waals surface area contributed by atoms with Gasteiger partial charge in [0.25, 0.3) is 0 Å². The predicted octanol–water partition coefficient (Wildman–Crippen LogP) is 5.26. The summed E-state index contributed by atoms with van der Waals surface area (Å²) >= 11 is 0. The Hall–Kier alpha value is -3.18. The Kier molecular flexibility index (Phi) is 5.66. The van der Waals surface area contributed by atoms with Crippen molar-refractivity contribution in [1.29, 1.82) is 0 Å². The minimum atomic E-state index is -0.421. The molecule has 1 N–H and O–H groups in total. The maximum Gasteiger partial charge on any atom is 0.220 e. The number of benzene rings is 3. The van der Waals surface area contributed by atoms with Gasteiger partial charge in [-0.1, -0.05) is 48.5 Å². The van der Waals surface area contributed by atoms with Crippen molar-refractivity contribution in [2.75, 3.05) is 13.1 Å². The fourth-order valence-electron chi connectivity index (χ4n) is 5.22. The summed E-state index contributed by atoms with van der Waals surface area (Å²) in [5.41, 5.74) is 1.40. The lowest BCUT2D eigenvalue weighted by Crippen LogP contribution is -2.56. The van der Waals surface area contributed by atoms with Gasteiger partial charge in [0.05, 0.1) is 5.54 Å². The highest BCUT2D eigenvalue weighted by Gasteiger charge is 2.49. The first kappa shape index (κ1) is 20.7. The summed E-state index contributed by atoms with van der Waals surface area (Å²) in [6.45, 7) is 2.13. The fraction of sp³-hybridized carbons (Fsp3) is 0.296. The van der Waals surface area contributed by atoms with Crippen molar-refractivity contribution in [2.45, 2.75) is 37.3 Å². The average molecular weight is 431 g/mol. The Morgan fingerprint density at radius 3 is 2.59 bits per heavy atom. The molecule has 0 radical (unpaired) electrons. The van der Waals surface area contributed by atoms with E-state index in [0.29, 0.717) is 31.6 Å². The monoisotopic (exact) mass is 430 g/mol. The second-order valence-corrected chi connectivity index (χ2v) is 8.86. The molecule has 164 valence electrons. The van der Waals surface area contributed by atoms with E-state index in [-0.39, 0.29) is 17.6 Å². The zero-order valence-corrected chi connectivity index (χ0v) is 18.0. The van der Waals surface area contributed by atoms with E-state index in [1.807, 2.05) is 54.6 Å². The molecule has 4 nitrogen and oxygen atoms in total. The number of carbonyl (C=O) groups excluding carboxylic acids is 1. The fourth-order valence-corrected chi connectivity index (χ4v) is 5.22. The molecule has 5 heteroatoms. The van der Waals surface area contributed by atoms with Crippen LogP contribution in [0.4, 0.5) is 4.39 Å². The summed E-state index contributed by atoms with van der Waals surface area (Å²) < 4.78 is 20.7. The number of likely N-dealkylation sites (tertiary alicyclic amines) is 1. The van der Waals surface area contributed by atoms with Gasteiger partial charge in [-0.05, 0) is 54.3 Å². The van der Waals surface area contributed by atoms with Crippen LogP contribution >= 0.6 is 0 Å². The lowest BCUT2D eigenvalue weighted by molar-refractivity contribution is -0.125. The SMILES string of the molecule is O=C1CCC[C@]2(CN(Cc3cccc(Oc4ccccc4)c3)C[C@H]2c2ccccc2F)N1. The van der Waals surface area contributed by atoms with Gasteiger partial charge in [0.15, 0.2) is 0 Å². The lowest BCUT2D eigenvalue weighted by atomic mass is 9.76. The summed E-state index contributed by atoms with van der Waals surface area (Å²) in [4.78, 5) is 14.7. The van der Waals surface area contributed by atoms with Crippen molar-refractivity contribution >= 4 is 5.91 Å². The van der Waals surface area contributed by atoms with E-state index >= 15 is 0 Å². The van der Waals surface area contributed by atoms with Crippen LogP contribution in [0.25, 0.3) is 0 Å². The number of halogens is 1. The van der Waals surface area contributed by atoms with Crippen molar-refractivity contribution in [3.8, 4) is 11.5 Å². The number of piperidine rings is 1. The predicted molar refractivity (Wildman–Crippen MR) is 122 cm³/mol. The van der Waals surface area contributed by atoms with Gasteiger partial charge in [-0.25, -0.2) is 4.39 Å². The van der Waals surface area contributed by atoms with Gasteiger partial charge in [-0.2, -0.15) is 0 Å². The number of hydrogen-bond acceptors (Lipinski definition) is 3. The molecule has 3 aromatic rings. The van der Waals surface area contributed by atoms with Crippen LogP contribution in [0.1, 0.15) is 36.3 Å². The van der Waals surface area contributed by atoms with E-state index in [1.165, 1.54) is 6.07 Å². The highest BCUT2D eigenvalue weighted by Crippen LogP contribution is 2.42. The molecule has 2 aliphatic heterocycles. The number of amides is 1. The zero-order chi connectivity index (χ0) is 22.0. The first-order valence-electron chi connectivity index (χ1n) is 11.2. The summed E-state index contributed by atoms with van der Waals surface area (Å²) in [5.74, 6) is 1.39. The van der Waals surface area contributed by atoms with Crippen LogP contribution < -0.4 is 10.1 Å². The molecule has 2 fully saturated rings. The van der Waals surface area contributed by atoms with E-state index < -0.39 is 5.54 Å². The van der Waals surface area contributed by atoms with Crippen molar-refractivity contribution in [2.24, 2.45) is 0 Å². The molecule has 32 heavy (non-hydrogen) atoms. The maximum atomic E-state index is 14.7. The minimum Gasteiger partial charge on any atom is -0.457 e. The largest absolute Gasteiger partial charge is 0.457 e. The molecule has 0 unspecified atom stereocenters. The molecule has 2 saturated heterocycles. The first-order chi connectivity index (χ1) is 15.6. The van der Waals surface area contributed by atoms with E-state index in [0.717, 1.165) is 29.9 Å². The highest BCUT2D eigenvalue weighted by molar-refractivity contribution is 5.78. The third-order valence-electron chi connectivity index (χ3n) is 6.59. The van der Waals surface area contributed by atoms with Crippen LogP contribution in [-0.2, 0) is 11.3 Å². The van der Waals surface area contributed by atoms with Crippen molar-refractivity contribution in [1.82, 2.24) is 10.2 Å². The van der Waals surface area contributed by atoms with Crippen LogP contribution in [0, 0.1) is 5.82 Å². The zero-order valence-electron chi connectivity index (χ0n) is 18.0. The van der Waals surface area contributed by atoms with Gasteiger partial charge < -0.3 is 10.1 Å². The van der Waals surface area contributed by atoms with Crippen LogP contribution in [-0.4, -0.2) is 29.4 Å². The molecule has 0 aromatic heterocycles. The number of ether oxygens (including phenoxy) is 1. The highest BCUT2D eigenvalue weighted by atomic mass is 19.1. The standard InChI is InChI=1S/C27H27FN2O2/c28-25-13-5-4-12-23(25)24-18-30(19-27(24)15-7-14-26(31)29-27)17-20-8-6-11-22(16-20)32-21-9-2-1-3-10-21/h1-6,8-13,16,24H,7,14-15,17-19H2,(H,29,31)/t24-,27+/m0/s1. The quantitative estimate of drug-likeness (QED) is 0.601. The molecule has 0 aliphatic carbocycles. The van der Waals surface area contributed by atoms with Gasteiger partial charge in [0.1, 0.15) is 17.3 Å². The number of nitrogens with zero attached hydrogens (tertiary/aromatic N) is 1. The van der Waals surface area contributed by atoms with Crippen LogP contribution in [0.15, 0.2) is 78.9 Å².